The van der Waals surface area contributed by atoms with Crippen molar-refractivity contribution in [3.63, 3.8) is 0 Å². The van der Waals surface area contributed by atoms with Crippen LogP contribution in [0.1, 0.15) is 29.5 Å². The van der Waals surface area contributed by atoms with Crippen LogP contribution in [-0.4, -0.2) is 56.9 Å². The molecule has 0 atom stereocenters. The second kappa shape index (κ2) is 8.49. The van der Waals surface area contributed by atoms with Crippen LogP contribution in [0.4, 0.5) is 0 Å². The first-order valence-electron chi connectivity index (χ1n) is 8.58. The molecule has 9 nitrogen and oxygen atoms in total. The van der Waals surface area contributed by atoms with E-state index in [-0.39, 0.29) is 29.0 Å². The molecule has 2 aromatic rings. The summed E-state index contributed by atoms with van der Waals surface area (Å²) < 4.78 is 25.7. The standard InChI is InChI=1S/C17H24N4O5S/c1-4-18-17(22)16-15(12-27(25,26)11-7-10-19(2)3)20(23)13-8-5-6-9-14(13)21(16)24/h5-6,8-9H,4,7,10-12H2,1-3H3,(H,18,22). The lowest BCUT2D eigenvalue weighted by molar-refractivity contribution is -0.468. The summed E-state index contributed by atoms with van der Waals surface area (Å²) in [6.07, 6.45) is 0.385. The van der Waals surface area contributed by atoms with E-state index in [1.54, 1.807) is 19.1 Å². The molecule has 0 aliphatic rings. The fourth-order valence-electron chi connectivity index (χ4n) is 2.76. The molecular weight excluding hydrogens is 372 g/mol. The molecule has 1 aromatic carbocycles. The molecule has 0 spiro atoms. The summed E-state index contributed by atoms with van der Waals surface area (Å²) in [5.41, 5.74) is -0.831. The second-order valence-corrected chi connectivity index (χ2v) is 8.67. The zero-order valence-electron chi connectivity index (χ0n) is 15.6. The maximum atomic E-state index is 12.8. The number of nitrogens with zero attached hydrogens (tertiary/aromatic N) is 3. The van der Waals surface area contributed by atoms with Gasteiger partial charge >= 0.3 is 11.6 Å². The van der Waals surface area contributed by atoms with Crippen molar-refractivity contribution in [2.24, 2.45) is 0 Å². The van der Waals surface area contributed by atoms with E-state index in [9.17, 15) is 23.3 Å². The quantitative estimate of drug-likeness (QED) is 0.650. The topological polar surface area (TPSA) is 117 Å². The van der Waals surface area contributed by atoms with Crippen LogP contribution in [0.3, 0.4) is 0 Å². The number of nitrogens with one attached hydrogen (secondary N) is 1. The van der Waals surface area contributed by atoms with Gasteiger partial charge in [-0.25, -0.2) is 8.42 Å². The number of hydrogen-bond acceptors (Lipinski definition) is 6. The predicted octanol–water partition coefficient (Wildman–Crippen LogP) is 0.518. The number of carbonyl (C=O) groups is 1. The Hall–Kier alpha value is -2.46. The zero-order valence-corrected chi connectivity index (χ0v) is 16.5. The smallest absolute Gasteiger partial charge is 0.347 e. The third-order valence-electron chi connectivity index (χ3n) is 4.01. The summed E-state index contributed by atoms with van der Waals surface area (Å²) in [5.74, 6) is -1.60. The Labute approximate surface area is 157 Å². The largest absolute Gasteiger partial charge is 0.805 e. The van der Waals surface area contributed by atoms with Gasteiger partial charge in [-0.1, -0.05) is 12.1 Å². The van der Waals surface area contributed by atoms with Crippen LogP contribution in [0, 0.1) is 10.1 Å². The lowest BCUT2D eigenvalue weighted by Gasteiger charge is -2.19. The average molecular weight is 396 g/mol. The van der Waals surface area contributed by atoms with Crippen molar-refractivity contribution in [3.05, 3.63) is 45.8 Å². The van der Waals surface area contributed by atoms with Crippen molar-refractivity contribution in [3.8, 4) is 0 Å². The first-order chi connectivity index (χ1) is 12.7. The molecular formula is C17H24N4O5S. The number of carbonyl (C=O) groups excluding carboxylic acids is 1. The normalized spacial score (nSPS) is 11.9. The first kappa shape index (κ1) is 20.8. The molecule has 1 aromatic heterocycles. The van der Waals surface area contributed by atoms with Gasteiger partial charge in [0.2, 0.25) is 0 Å². The van der Waals surface area contributed by atoms with Crippen LogP contribution in [-0.2, 0) is 15.6 Å². The van der Waals surface area contributed by atoms with E-state index in [0.29, 0.717) is 22.1 Å². The highest BCUT2D eigenvalue weighted by Crippen LogP contribution is 2.17. The fourth-order valence-corrected chi connectivity index (χ4v) is 4.15. The minimum Gasteiger partial charge on any atom is -0.805 e. The molecule has 10 heteroatoms. The minimum atomic E-state index is -3.69. The van der Waals surface area contributed by atoms with Crippen LogP contribution in [0.15, 0.2) is 24.3 Å². The molecule has 0 unspecified atom stereocenters. The number of benzene rings is 1. The molecule has 1 amide bonds. The fraction of sp³-hybridized carbons (Fsp3) is 0.471. The maximum Gasteiger partial charge on any atom is 0.347 e. The van der Waals surface area contributed by atoms with E-state index >= 15 is 0 Å². The summed E-state index contributed by atoms with van der Waals surface area (Å²) in [6.45, 7) is 2.47. The molecule has 0 bridgehead atoms. The van der Waals surface area contributed by atoms with Gasteiger partial charge in [-0.15, -0.1) is 0 Å². The van der Waals surface area contributed by atoms with Gasteiger partial charge in [0.1, 0.15) is 11.2 Å². The molecule has 148 valence electrons. The van der Waals surface area contributed by atoms with Crippen molar-refractivity contribution < 1.29 is 17.6 Å². The first-order valence-corrected chi connectivity index (χ1v) is 10.4. The highest BCUT2D eigenvalue weighted by Gasteiger charge is 2.31. The van der Waals surface area contributed by atoms with Gasteiger partial charge in [0.05, 0.1) is 15.9 Å². The van der Waals surface area contributed by atoms with E-state index < -0.39 is 27.2 Å². The number of fused-ring (bicyclic) bond motifs is 1. The van der Waals surface area contributed by atoms with Crippen LogP contribution < -0.4 is 9.74 Å². The number of amides is 1. The van der Waals surface area contributed by atoms with Crippen molar-refractivity contribution in [2.45, 2.75) is 19.1 Å². The third-order valence-corrected chi connectivity index (χ3v) is 5.63. The molecule has 0 aliphatic carbocycles. The number of rotatable bonds is 8. The predicted molar refractivity (Wildman–Crippen MR) is 103 cm³/mol. The summed E-state index contributed by atoms with van der Waals surface area (Å²) in [5, 5.41) is 15.2. The Balaban J connectivity index is 2.56. The number of para-hydroxylation sites is 2. The molecule has 0 saturated carbocycles. The molecule has 1 heterocycles. The Kier molecular flexibility index (Phi) is 6.55. The summed E-state index contributed by atoms with van der Waals surface area (Å²) >= 11 is 0. The van der Waals surface area contributed by atoms with Gasteiger partial charge in [-0.2, -0.15) is 0 Å². The molecule has 0 radical (unpaired) electrons. The highest BCUT2D eigenvalue weighted by molar-refractivity contribution is 7.90. The van der Waals surface area contributed by atoms with E-state index in [0.717, 1.165) is 0 Å². The van der Waals surface area contributed by atoms with Crippen LogP contribution in [0.25, 0.3) is 11.0 Å². The molecule has 0 fully saturated rings. The van der Waals surface area contributed by atoms with Crippen LogP contribution >= 0.6 is 0 Å². The van der Waals surface area contributed by atoms with E-state index in [4.69, 9.17) is 0 Å². The van der Waals surface area contributed by atoms with Crippen molar-refractivity contribution in [1.29, 1.82) is 0 Å². The van der Waals surface area contributed by atoms with E-state index in [1.807, 2.05) is 19.0 Å². The lowest BCUT2D eigenvalue weighted by Crippen LogP contribution is -2.38. The monoisotopic (exact) mass is 396 g/mol. The third kappa shape index (κ3) is 4.83. The van der Waals surface area contributed by atoms with Gasteiger partial charge in [-0.05, 0) is 40.1 Å². The number of aromatic nitrogens is 2. The number of sulfone groups is 1. The van der Waals surface area contributed by atoms with Crippen molar-refractivity contribution in [1.82, 2.24) is 14.9 Å². The van der Waals surface area contributed by atoms with Gasteiger partial charge in [0.25, 0.3) is 5.52 Å². The number of hydrogen-bond donors (Lipinski definition) is 1. The molecule has 2 rings (SSSR count). The highest BCUT2D eigenvalue weighted by atomic mass is 32.2. The summed E-state index contributed by atoms with van der Waals surface area (Å²) in [6, 6.07) is 5.96. The lowest BCUT2D eigenvalue weighted by atomic mass is 10.2. The van der Waals surface area contributed by atoms with Crippen molar-refractivity contribution in [2.75, 3.05) is 32.9 Å². The van der Waals surface area contributed by atoms with Crippen LogP contribution in [0.2, 0.25) is 0 Å². The van der Waals surface area contributed by atoms with Crippen molar-refractivity contribution >= 4 is 26.8 Å². The van der Waals surface area contributed by atoms with E-state index in [2.05, 4.69) is 5.32 Å². The van der Waals surface area contributed by atoms with Gasteiger partial charge < -0.3 is 20.2 Å². The Morgan fingerprint density at radius 1 is 1.30 bits per heavy atom. The minimum absolute atomic E-state index is 0.00232. The summed E-state index contributed by atoms with van der Waals surface area (Å²) in [7, 11) is -0.0320. The van der Waals surface area contributed by atoms with Gasteiger partial charge in [0, 0.05) is 17.5 Å². The Morgan fingerprint density at radius 2 is 1.96 bits per heavy atom. The summed E-state index contributed by atoms with van der Waals surface area (Å²) in [4.78, 5) is 26.9. The Morgan fingerprint density at radius 3 is 2.59 bits per heavy atom. The molecule has 1 N–H and O–H groups in total. The average Bonchev–Trinajstić information content (AvgIpc) is 2.59. The maximum absolute atomic E-state index is 12.8. The van der Waals surface area contributed by atoms with Gasteiger partial charge in [0.15, 0.2) is 9.84 Å². The van der Waals surface area contributed by atoms with E-state index in [1.165, 1.54) is 12.1 Å². The molecule has 0 aliphatic heterocycles. The van der Waals surface area contributed by atoms with Crippen LogP contribution in [0.5, 0.6) is 0 Å². The SMILES string of the molecule is CCNC(=O)c1c(CS(=O)(=O)CCCN(C)C)n([O-])c2ccccc2[n+]1=O. The van der Waals surface area contributed by atoms with Gasteiger partial charge in [-0.3, -0.25) is 4.79 Å². The zero-order chi connectivity index (χ0) is 20.2. The second-order valence-electron chi connectivity index (χ2n) is 6.48. The molecule has 0 saturated heterocycles. The Bertz CT molecular complexity index is 998. The molecule has 27 heavy (non-hydrogen) atoms.